The summed E-state index contributed by atoms with van der Waals surface area (Å²) in [5.41, 5.74) is 3.93. The van der Waals surface area contributed by atoms with Gasteiger partial charge < -0.3 is 4.74 Å². The quantitative estimate of drug-likeness (QED) is 0.247. The number of aromatic amines is 2. The molecule has 2 heterocycles. The van der Waals surface area contributed by atoms with E-state index in [2.05, 4.69) is 29.3 Å². The molecule has 4 aromatic rings. The maximum Gasteiger partial charge on any atom is 0.275 e. The van der Waals surface area contributed by atoms with Gasteiger partial charge in [-0.25, -0.2) is 9.36 Å². The highest BCUT2D eigenvalue weighted by atomic mass is 16.5. The topological polar surface area (TPSA) is 84.8 Å². The first kappa shape index (κ1) is 26.4. The molecule has 5 rings (SSSR count). The van der Waals surface area contributed by atoms with Gasteiger partial charge in [0.2, 0.25) is 0 Å². The number of hydrogen-bond donors (Lipinski definition) is 2. The third-order valence-corrected chi connectivity index (χ3v) is 7.43. The summed E-state index contributed by atoms with van der Waals surface area (Å²) in [5, 5.41) is 6.53. The lowest BCUT2D eigenvalue weighted by Gasteiger charge is -2.25. The normalized spacial score (nSPS) is 15.1. The van der Waals surface area contributed by atoms with E-state index in [9.17, 15) is 9.59 Å². The summed E-state index contributed by atoms with van der Waals surface area (Å²) in [5.74, 6) is 0.313. The molecule has 0 saturated heterocycles. The zero-order chi connectivity index (χ0) is 27.4. The lowest BCUT2D eigenvalue weighted by Crippen LogP contribution is -2.28. The van der Waals surface area contributed by atoms with Crippen molar-refractivity contribution < 1.29 is 4.74 Å². The molecule has 0 saturated carbocycles. The van der Waals surface area contributed by atoms with E-state index in [-0.39, 0.29) is 17.0 Å². The predicted molar refractivity (Wildman–Crippen MR) is 155 cm³/mol. The number of rotatable bonds is 10. The zero-order valence-electron chi connectivity index (χ0n) is 22.8. The molecule has 2 aromatic carbocycles. The summed E-state index contributed by atoms with van der Waals surface area (Å²) in [6.45, 7) is 6.68. The third-order valence-electron chi connectivity index (χ3n) is 7.43. The number of ether oxygens (including phenoxy) is 1. The monoisotopic (exact) mass is 524 g/mol. The van der Waals surface area contributed by atoms with Crippen LogP contribution in [0.1, 0.15) is 61.0 Å². The molecule has 2 N–H and O–H groups in total. The van der Waals surface area contributed by atoms with E-state index < -0.39 is 5.92 Å². The van der Waals surface area contributed by atoms with Gasteiger partial charge in [-0.05, 0) is 69.0 Å². The van der Waals surface area contributed by atoms with Gasteiger partial charge in [0.05, 0.1) is 18.0 Å². The van der Waals surface area contributed by atoms with E-state index in [1.165, 1.54) is 0 Å². The van der Waals surface area contributed by atoms with Gasteiger partial charge in [-0.3, -0.25) is 19.8 Å². The van der Waals surface area contributed by atoms with Gasteiger partial charge in [-0.2, -0.15) is 0 Å². The molecule has 0 bridgehead atoms. The van der Waals surface area contributed by atoms with Gasteiger partial charge in [0, 0.05) is 28.4 Å². The Morgan fingerprint density at radius 3 is 1.85 bits per heavy atom. The average Bonchev–Trinajstić information content (AvgIpc) is 3.43. The Balaban J connectivity index is 1.58. The van der Waals surface area contributed by atoms with Gasteiger partial charge in [-0.1, -0.05) is 62.2 Å². The number of hydrogen-bond acceptors (Lipinski definition) is 3. The van der Waals surface area contributed by atoms with E-state index >= 15 is 0 Å². The fraction of sp³-hybridized carbons (Fsp3) is 0.312. The number of unbranched alkanes of at least 4 members (excludes halogenated alkanes) is 2. The van der Waals surface area contributed by atoms with Crippen molar-refractivity contribution in [1.29, 1.82) is 0 Å². The average molecular weight is 525 g/mol. The largest absolute Gasteiger partial charge is 0.494 e. The second-order valence-electron chi connectivity index (χ2n) is 10.2. The van der Waals surface area contributed by atoms with E-state index in [1.807, 2.05) is 80.6 Å². The summed E-state index contributed by atoms with van der Waals surface area (Å²) in [6, 6.07) is 19.0. The number of H-pyrrole nitrogens is 2. The molecule has 1 atom stereocenters. The first-order valence-electron chi connectivity index (χ1n) is 13.7. The van der Waals surface area contributed by atoms with Crippen LogP contribution in [-0.2, 0) is 4.74 Å². The minimum Gasteiger partial charge on any atom is -0.494 e. The Bertz CT molecular complexity index is 1490. The molecular formula is C32H36N4O3. The van der Waals surface area contributed by atoms with Crippen LogP contribution in [0.15, 0.2) is 94.2 Å². The maximum absolute atomic E-state index is 14.0. The molecule has 39 heavy (non-hydrogen) atoms. The van der Waals surface area contributed by atoms with Crippen molar-refractivity contribution in [3.8, 4) is 11.4 Å². The third kappa shape index (κ3) is 5.35. The molecule has 0 radical (unpaired) electrons. The second kappa shape index (κ2) is 11.6. The van der Waals surface area contributed by atoms with Crippen molar-refractivity contribution in [3.63, 3.8) is 0 Å². The summed E-state index contributed by atoms with van der Waals surface area (Å²) in [6.07, 6.45) is 10.1. The first-order chi connectivity index (χ1) is 19.0. The van der Waals surface area contributed by atoms with Crippen LogP contribution < -0.4 is 11.1 Å². The van der Waals surface area contributed by atoms with Crippen molar-refractivity contribution in [3.05, 3.63) is 128 Å². The molecule has 1 aliphatic carbocycles. The van der Waals surface area contributed by atoms with Gasteiger partial charge in [0.25, 0.3) is 11.1 Å². The van der Waals surface area contributed by atoms with Gasteiger partial charge >= 0.3 is 0 Å². The molecule has 0 amide bonds. The summed E-state index contributed by atoms with van der Waals surface area (Å²) >= 11 is 0. The highest BCUT2D eigenvalue weighted by Gasteiger charge is 2.34. The van der Waals surface area contributed by atoms with Crippen LogP contribution in [-0.4, -0.2) is 26.2 Å². The maximum atomic E-state index is 14.0. The molecule has 1 aliphatic rings. The van der Waals surface area contributed by atoms with Crippen molar-refractivity contribution >= 4 is 0 Å². The van der Waals surface area contributed by atoms with E-state index in [0.717, 1.165) is 47.8 Å². The number of aromatic nitrogens is 4. The Kier molecular flexibility index (Phi) is 7.87. The molecule has 7 heteroatoms. The molecule has 2 aromatic heterocycles. The number of benzene rings is 2. The first-order valence-corrected chi connectivity index (χ1v) is 13.7. The molecule has 0 fully saturated rings. The molecule has 202 valence electrons. The minimum atomic E-state index is -0.443. The summed E-state index contributed by atoms with van der Waals surface area (Å²) in [4.78, 5) is 27.9. The standard InChI is InChI=1S/C32H36N4O3/c1-4-5-12-21-39-27-19-17-24(18-20-27)30(28-22(2)33-35(31(28)37)25-13-8-6-9-14-25)29-23(3)34-36(32(29)38)26-15-10-7-11-16-26/h6-11,13-17,19-20,24,30,33-34H,4-5,12,18,21H2,1-3H3. The van der Waals surface area contributed by atoms with E-state index in [1.54, 1.807) is 9.36 Å². The van der Waals surface area contributed by atoms with Crippen LogP contribution in [0.5, 0.6) is 0 Å². The van der Waals surface area contributed by atoms with Crippen LogP contribution >= 0.6 is 0 Å². The fourth-order valence-electron chi connectivity index (χ4n) is 5.46. The second-order valence-corrected chi connectivity index (χ2v) is 10.2. The van der Waals surface area contributed by atoms with Crippen LogP contribution in [0, 0.1) is 19.8 Å². The Morgan fingerprint density at radius 1 is 0.846 bits per heavy atom. The Morgan fingerprint density at radius 2 is 1.38 bits per heavy atom. The van der Waals surface area contributed by atoms with Gasteiger partial charge in [0.15, 0.2) is 0 Å². The molecule has 1 unspecified atom stereocenters. The van der Waals surface area contributed by atoms with Crippen LogP contribution in [0.4, 0.5) is 0 Å². The lowest BCUT2D eigenvalue weighted by atomic mass is 9.77. The predicted octanol–water partition coefficient (Wildman–Crippen LogP) is 6.06. The van der Waals surface area contributed by atoms with Crippen LogP contribution in [0.2, 0.25) is 0 Å². The van der Waals surface area contributed by atoms with Crippen LogP contribution in [0.3, 0.4) is 0 Å². The number of nitrogens with zero attached hydrogens (tertiary/aromatic N) is 2. The highest BCUT2D eigenvalue weighted by molar-refractivity contribution is 5.43. The van der Waals surface area contributed by atoms with Crippen molar-refractivity contribution in [2.45, 2.75) is 52.4 Å². The fourth-order valence-corrected chi connectivity index (χ4v) is 5.46. The SMILES string of the molecule is CCCCCOC1=CCC(C(c2c(C)[nH]n(-c3ccccc3)c2=O)c2c(C)[nH]n(-c3ccccc3)c2=O)C=C1. The number of aryl methyl sites for hydroxylation is 2. The Labute approximate surface area is 228 Å². The van der Waals surface area contributed by atoms with Crippen molar-refractivity contribution in [1.82, 2.24) is 19.6 Å². The number of nitrogens with one attached hydrogen (secondary N) is 2. The number of para-hydroxylation sites is 2. The molecule has 0 aliphatic heterocycles. The smallest absolute Gasteiger partial charge is 0.275 e. The Hall–Kier alpha value is -4.26. The summed E-state index contributed by atoms with van der Waals surface area (Å²) < 4.78 is 9.11. The van der Waals surface area contributed by atoms with Crippen molar-refractivity contribution in [2.24, 2.45) is 5.92 Å². The van der Waals surface area contributed by atoms with E-state index in [0.29, 0.717) is 24.2 Å². The molecular weight excluding hydrogens is 488 g/mol. The highest BCUT2D eigenvalue weighted by Crippen LogP contribution is 2.37. The van der Waals surface area contributed by atoms with E-state index in [4.69, 9.17) is 4.74 Å². The van der Waals surface area contributed by atoms with Gasteiger partial charge in [0.1, 0.15) is 5.76 Å². The number of allylic oxidation sites excluding steroid dienone is 3. The molecule has 7 nitrogen and oxygen atoms in total. The lowest BCUT2D eigenvalue weighted by molar-refractivity contribution is 0.214. The zero-order valence-corrected chi connectivity index (χ0v) is 22.8. The van der Waals surface area contributed by atoms with Crippen molar-refractivity contribution in [2.75, 3.05) is 6.61 Å². The van der Waals surface area contributed by atoms with Gasteiger partial charge in [-0.15, -0.1) is 0 Å². The molecule has 0 spiro atoms. The van der Waals surface area contributed by atoms with Crippen LogP contribution in [0.25, 0.3) is 11.4 Å². The summed E-state index contributed by atoms with van der Waals surface area (Å²) in [7, 11) is 0. The minimum absolute atomic E-state index is 0.0918.